The van der Waals surface area contributed by atoms with Crippen molar-refractivity contribution in [2.24, 2.45) is 0 Å². The highest BCUT2D eigenvalue weighted by atomic mass is 35.5. The second-order valence-electron chi connectivity index (χ2n) is 4.08. The molecule has 0 atom stereocenters. The fourth-order valence-corrected chi connectivity index (χ4v) is 2.32. The highest BCUT2D eigenvalue weighted by Crippen LogP contribution is 2.22. The van der Waals surface area contributed by atoms with Crippen LogP contribution in [-0.4, -0.2) is 15.2 Å². The molecule has 90 valence electrons. The average molecular weight is 268 g/mol. The summed E-state index contributed by atoms with van der Waals surface area (Å²) < 4.78 is 0. The molecule has 0 aliphatic heterocycles. The molecule has 3 nitrogen and oxygen atoms in total. The van der Waals surface area contributed by atoms with E-state index < -0.39 is 0 Å². The summed E-state index contributed by atoms with van der Waals surface area (Å²) in [6.07, 6.45) is 0. The second-order valence-corrected chi connectivity index (χ2v) is 5.46. The third kappa shape index (κ3) is 3.48. The predicted molar refractivity (Wildman–Crippen MR) is 71.5 cm³/mol. The molecule has 0 aliphatic carbocycles. The molecule has 0 unspecified atom stereocenters. The van der Waals surface area contributed by atoms with Crippen molar-refractivity contribution in [1.82, 2.24) is 15.2 Å². The number of thioether (sulfide) groups is 1. The van der Waals surface area contributed by atoms with Gasteiger partial charge in [0.05, 0.1) is 0 Å². The minimum Gasteiger partial charge on any atom is -0.262 e. The molecular weight excluding hydrogens is 254 g/mol. The maximum absolute atomic E-state index is 5.93. The summed E-state index contributed by atoms with van der Waals surface area (Å²) in [6.45, 7) is 4.18. The molecule has 1 aromatic carbocycles. The van der Waals surface area contributed by atoms with Crippen molar-refractivity contribution in [2.75, 3.05) is 0 Å². The van der Waals surface area contributed by atoms with Crippen molar-refractivity contribution >= 4 is 23.4 Å². The fourth-order valence-electron chi connectivity index (χ4n) is 1.36. The van der Waals surface area contributed by atoms with E-state index in [9.17, 15) is 0 Å². The lowest BCUT2D eigenvalue weighted by Crippen LogP contribution is -1.89. The van der Waals surface area contributed by atoms with Gasteiger partial charge >= 0.3 is 0 Å². The molecule has 0 saturated carbocycles. The summed E-state index contributed by atoms with van der Waals surface area (Å²) in [4.78, 5) is 4.41. The van der Waals surface area contributed by atoms with Crippen LogP contribution < -0.4 is 0 Å². The lowest BCUT2D eigenvalue weighted by Gasteiger charge is -1.99. The van der Waals surface area contributed by atoms with E-state index in [1.165, 1.54) is 5.56 Å². The highest BCUT2D eigenvalue weighted by molar-refractivity contribution is 7.98. The van der Waals surface area contributed by atoms with Gasteiger partial charge in [0.15, 0.2) is 0 Å². The molecule has 0 fully saturated rings. The summed E-state index contributed by atoms with van der Waals surface area (Å²) in [5.41, 5.74) is 1.18. The Morgan fingerprint density at radius 1 is 1.41 bits per heavy atom. The zero-order valence-corrected chi connectivity index (χ0v) is 11.3. The Bertz CT molecular complexity index is 496. The first-order chi connectivity index (χ1) is 8.15. The van der Waals surface area contributed by atoms with Gasteiger partial charge in [0.25, 0.3) is 0 Å². The third-order valence-corrected chi connectivity index (χ3v) is 3.44. The molecule has 1 N–H and O–H groups in total. The van der Waals surface area contributed by atoms with Gasteiger partial charge in [-0.15, -0.1) is 5.10 Å². The van der Waals surface area contributed by atoms with Crippen LogP contribution in [0.2, 0.25) is 5.02 Å². The van der Waals surface area contributed by atoms with Gasteiger partial charge in [0, 0.05) is 16.7 Å². The van der Waals surface area contributed by atoms with Gasteiger partial charge in [-0.2, -0.15) is 0 Å². The SMILES string of the molecule is CC(C)c1nc(SCc2cccc(Cl)c2)n[nH]1. The average Bonchev–Trinajstić information content (AvgIpc) is 2.75. The van der Waals surface area contributed by atoms with Crippen LogP contribution in [0, 0.1) is 0 Å². The van der Waals surface area contributed by atoms with Gasteiger partial charge in [-0.25, -0.2) is 4.98 Å². The van der Waals surface area contributed by atoms with Crippen LogP contribution in [0.3, 0.4) is 0 Å². The maximum Gasteiger partial charge on any atom is 0.208 e. The number of halogens is 1. The Balaban J connectivity index is 1.97. The molecule has 2 aromatic rings. The number of hydrogen-bond acceptors (Lipinski definition) is 3. The van der Waals surface area contributed by atoms with Gasteiger partial charge < -0.3 is 0 Å². The Morgan fingerprint density at radius 3 is 2.88 bits per heavy atom. The summed E-state index contributed by atoms with van der Waals surface area (Å²) >= 11 is 7.53. The topological polar surface area (TPSA) is 41.6 Å². The zero-order chi connectivity index (χ0) is 12.3. The summed E-state index contributed by atoms with van der Waals surface area (Å²) in [7, 11) is 0. The fraction of sp³-hybridized carbons (Fsp3) is 0.333. The molecule has 5 heteroatoms. The van der Waals surface area contributed by atoms with E-state index in [0.29, 0.717) is 5.92 Å². The molecule has 17 heavy (non-hydrogen) atoms. The van der Waals surface area contributed by atoms with E-state index in [2.05, 4.69) is 35.1 Å². The smallest absolute Gasteiger partial charge is 0.208 e. The van der Waals surface area contributed by atoms with Gasteiger partial charge in [0.2, 0.25) is 5.16 Å². The van der Waals surface area contributed by atoms with Crippen molar-refractivity contribution in [1.29, 1.82) is 0 Å². The lowest BCUT2D eigenvalue weighted by atomic mass is 10.2. The maximum atomic E-state index is 5.93. The minimum atomic E-state index is 0.378. The standard InChI is InChI=1S/C12H14ClN3S/c1-8(2)11-14-12(16-15-11)17-7-9-4-3-5-10(13)6-9/h3-6,8H,7H2,1-2H3,(H,14,15,16). The van der Waals surface area contributed by atoms with Crippen LogP contribution >= 0.6 is 23.4 Å². The van der Waals surface area contributed by atoms with Crippen LogP contribution in [0.15, 0.2) is 29.4 Å². The summed E-state index contributed by atoms with van der Waals surface area (Å²) in [6, 6.07) is 7.84. The van der Waals surface area contributed by atoms with Crippen molar-refractivity contribution in [3.63, 3.8) is 0 Å². The number of H-pyrrole nitrogens is 1. The van der Waals surface area contributed by atoms with E-state index in [0.717, 1.165) is 21.8 Å². The molecule has 0 radical (unpaired) electrons. The summed E-state index contributed by atoms with van der Waals surface area (Å²) in [5.74, 6) is 2.14. The Hall–Kier alpha value is -1.00. The number of hydrogen-bond donors (Lipinski definition) is 1. The first kappa shape index (κ1) is 12.5. The van der Waals surface area contributed by atoms with E-state index >= 15 is 0 Å². The minimum absolute atomic E-state index is 0.378. The lowest BCUT2D eigenvalue weighted by molar-refractivity contribution is 0.780. The molecule has 1 heterocycles. The number of nitrogens with zero attached hydrogens (tertiary/aromatic N) is 2. The normalized spacial score (nSPS) is 11.1. The van der Waals surface area contributed by atoms with Crippen molar-refractivity contribution in [3.05, 3.63) is 40.7 Å². The van der Waals surface area contributed by atoms with Crippen LogP contribution in [-0.2, 0) is 5.75 Å². The van der Waals surface area contributed by atoms with Gasteiger partial charge in [-0.1, -0.05) is 49.3 Å². The number of nitrogens with one attached hydrogen (secondary N) is 1. The quantitative estimate of drug-likeness (QED) is 0.855. The number of benzene rings is 1. The van der Waals surface area contributed by atoms with Crippen LogP contribution in [0.4, 0.5) is 0 Å². The number of aromatic amines is 1. The third-order valence-electron chi connectivity index (χ3n) is 2.29. The van der Waals surface area contributed by atoms with Crippen LogP contribution in [0.5, 0.6) is 0 Å². The van der Waals surface area contributed by atoms with E-state index in [4.69, 9.17) is 11.6 Å². The van der Waals surface area contributed by atoms with Crippen molar-refractivity contribution in [3.8, 4) is 0 Å². The van der Waals surface area contributed by atoms with Gasteiger partial charge in [-0.3, -0.25) is 5.10 Å². The first-order valence-electron chi connectivity index (χ1n) is 5.44. The largest absolute Gasteiger partial charge is 0.262 e. The van der Waals surface area contributed by atoms with Gasteiger partial charge in [0.1, 0.15) is 5.82 Å². The van der Waals surface area contributed by atoms with E-state index in [1.54, 1.807) is 11.8 Å². The van der Waals surface area contributed by atoms with Crippen LogP contribution in [0.25, 0.3) is 0 Å². The molecule has 2 rings (SSSR count). The van der Waals surface area contributed by atoms with E-state index in [-0.39, 0.29) is 0 Å². The molecular formula is C12H14ClN3S. The Labute approximate surface area is 110 Å². The van der Waals surface area contributed by atoms with Crippen molar-refractivity contribution in [2.45, 2.75) is 30.7 Å². The monoisotopic (exact) mass is 267 g/mol. The molecule has 1 aromatic heterocycles. The van der Waals surface area contributed by atoms with Crippen molar-refractivity contribution < 1.29 is 0 Å². The molecule has 0 aliphatic rings. The summed E-state index contributed by atoms with van der Waals surface area (Å²) in [5, 5.41) is 8.66. The second kappa shape index (κ2) is 5.56. The predicted octanol–water partition coefficient (Wildman–Crippen LogP) is 3.87. The molecule has 0 bridgehead atoms. The first-order valence-corrected chi connectivity index (χ1v) is 6.81. The molecule has 0 spiro atoms. The molecule has 0 saturated heterocycles. The number of rotatable bonds is 4. The number of aromatic nitrogens is 3. The van der Waals surface area contributed by atoms with Crippen LogP contribution in [0.1, 0.15) is 31.2 Å². The Kier molecular flexibility index (Phi) is 4.07. The van der Waals surface area contributed by atoms with E-state index in [1.807, 2.05) is 18.2 Å². The molecule has 0 amide bonds. The zero-order valence-electron chi connectivity index (χ0n) is 9.77. The van der Waals surface area contributed by atoms with Gasteiger partial charge in [-0.05, 0) is 17.7 Å². The Morgan fingerprint density at radius 2 is 2.24 bits per heavy atom. The highest BCUT2D eigenvalue weighted by Gasteiger charge is 2.07.